The molecule has 0 saturated carbocycles. The van der Waals surface area contributed by atoms with Crippen LogP contribution in [-0.2, 0) is 10.0 Å². The Kier molecular flexibility index (Phi) is 7.04. The number of anilines is 1. The minimum Gasteiger partial charge on any atom is -0.478 e. The van der Waals surface area contributed by atoms with Gasteiger partial charge in [-0.15, -0.1) is 0 Å². The first-order valence-electron chi connectivity index (χ1n) is 11.8. The maximum absolute atomic E-state index is 13.0. The van der Waals surface area contributed by atoms with Crippen molar-refractivity contribution >= 4 is 44.3 Å². The highest BCUT2D eigenvalue weighted by Crippen LogP contribution is 2.36. The third-order valence-corrected chi connectivity index (χ3v) is 8.65. The van der Waals surface area contributed by atoms with Gasteiger partial charge in [0, 0.05) is 42.5 Å². The van der Waals surface area contributed by atoms with Crippen LogP contribution in [0.25, 0.3) is 10.9 Å². The van der Waals surface area contributed by atoms with Gasteiger partial charge in [0.1, 0.15) is 0 Å². The van der Waals surface area contributed by atoms with E-state index < -0.39 is 21.5 Å². The molecule has 0 bridgehead atoms. The first-order valence-corrected chi connectivity index (χ1v) is 13.7. The lowest BCUT2D eigenvalue weighted by atomic mass is 9.84. The summed E-state index contributed by atoms with van der Waals surface area (Å²) in [4.78, 5) is 13.1. The molecule has 0 unspecified atom stereocenters. The number of carboxylic acids is 1. The Balaban J connectivity index is 1.50. The maximum atomic E-state index is 13.0. The third kappa shape index (κ3) is 5.19. The molecule has 2 heterocycles. The fraction of sp³-hybridized carbons (Fsp3) is 0.231. The number of halogens is 4. The molecule has 1 aliphatic heterocycles. The van der Waals surface area contributed by atoms with E-state index in [1.165, 1.54) is 12.1 Å². The summed E-state index contributed by atoms with van der Waals surface area (Å²) in [6.45, 7) is -0.564. The molecule has 3 aromatic carbocycles. The van der Waals surface area contributed by atoms with Crippen molar-refractivity contribution < 1.29 is 31.5 Å². The van der Waals surface area contributed by atoms with E-state index in [1.54, 1.807) is 29.2 Å². The van der Waals surface area contributed by atoms with Crippen molar-refractivity contribution in [3.05, 3.63) is 94.0 Å². The van der Waals surface area contributed by atoms with Gasteiger partial charge in [-0.05, 0) is 53.1 Å². The minimum atomic E-state index is -5.39. The summed E-state index contributed by atoms with van der Waals surface area (Å²) in [5.41, 5.74) is -1.85. The number of hydrogen-bond donors (Lipinski definition) is 2. The summed E-state index contributed by atoms with van der Waals surface area (Å²) in [6.07, 6.45) is 0. The quantitative estimate of drug-likeness (QED) is 0.310. The highest BCUT2D eigenvalue weighted by atomic mass is 35.5. The topological polar surface area (TPSA) is 107 Å². The summed E-state index contributed by atoms with van der Waals surface area (Å²) in [5.74, 6) is -0.810. The van der Waals surface area contributed by atoms with E-state index in [4.69, 9.17) is 11.6 Å². The van der Waals surface area contributed by atoms with Gasteiger partial charge in [0.2, 0.25) is 0 Å². The van der Waals surface area contributed by atoms with E-state index in [2.05, 4.69) is 10.2 Å². The normalized spacial score (nSPS) is 15.9. The fourth-order valence-electron chi connectivity index (χ4n) is 4.78. The first kappa shape index (κ1) is 27.0. The van der Waals surface area contributed by atoms with Crippen LogP contribution in [0.3, 0.4) is 0 Å². The van der Waals surface area contributed by atoms with Crippen LogP contribution < -0.4 is 4.90 Å². The van der Waals surface area contributed by atoms with Gasteiger partial charge in [0.15, 0.2) is 5.82 Å². The van der Waals surface area contributed by atoms with Crippen LogP contribution in [0.1, 0.15) is 33.0 Å². The molecule has 8 nitrogen and oxygen atoms in total. The molecule has 39 heavy (non-hydrogen) atoms. The number of hydrogen-bond acceptors (Lipinski definition) is 5. The highest BCUT2D eigenvalue weighted by molar-refractivity contribution is 7.90. The Labute approximate surface area is 226 Å². The SMILES string of the molecule is O=C(O)c1ccc([C@@H](c2ccc(Cl)cc2)c2ccc3[nH]nc(N4CCN(S(=O)(=O)C(F)(F)F)CC4)c3c2)cc1. The molecule has 4 aromatic rings. The zero-order valence-electron chi connectivity index (χ0n) is 20.2. The summed E-state index contributed by atoms with van der Waals surface area (Å²) in [6, 6.07) is 19.6. The number of fused-ring (bicyclic) bond motifs is 1. The Bertz CT molecular complexity index is 1620. The van der Waals surface area contributed by atoms with Crippen LogP contribution in [-0.4, -0.2) is 65.7 Å². The molecule has 0 aliphatic carbocycles. The van der Waals surface area contributed by atoms with Crippen LogP contribution in [0.15, 0.2) is 66.7 Å². The third-order valence-electron chi connectivity index (χ3n) is 6.77. The monoisotopic (exact) mass is 578 g/mol. The van der Waals surface area contributed by atoms with Crippen molar-refractivity contribution in [1.82, 2.24) is 14.5 Å². The van der Waals surface area contributed by atoms with Crippen molar-refractivity contribution in [2.24, 2.45) is 0 Å². The first-order chi connectivity index (χ1) is 18.5. The van der Waals surface area contributed by atoms with Gasteiger partial charge in [-0.25, -0.2) is 13.2 Å². The number of aromatic carboxylic acids is 1. The molecule has 5 rings (SSSR count). The summed E-state index contributed by atoms with van der Waals surface area (Å²) < 4.78 is 63.0. The molecule has 0 spiro atoms. The number of rotatable bonds is 6. The molecule has 13 heteroatoms. The number of H-pyrrole nitrogens is 1. The van der Waals surface area contributed by atoms with Crippen LogP contribution in [0, 0.1) is 0 Å². The van der Waals surface area contributed by atoms with Crippen molar-refractivity contribution in [3.63, 3.8) is 0 Å². The largest absolute Gasteiger partial charge is 0.511 e. The van der Waals surface area contributed by atoms with Gasteiger partial charge < -0.3 is 10.0 Å². The Morgan fingerprint density at radius 3 is 2.05 bits per heavy atom. The van der Waals surface area contributed by atoms with E-state index in [1.807, 2.05) is 30.3 Å². The van der Waals surface area contributed by atoms with Gasteiger partial charge in [0.05, 0.1) is 11.1 Å². The Hall–Kier alpha value is -3.61. The lowest BCUT2D eigenvalue weighted by Gasteiger charge is -2.34. The van der Waals surface area contributed by atoms with E-state index in [0.29, 0.717) is 20.7 Å². The molecule has 0 amide bonds. The molecule has 1 aliphatic rings. The lowest BCUT2D eigenvalue weighted by molar-refractivity contribution is -0.0490. The predicted molar refractivity (Wildman–Crippen MR) is 141 cm³/mol. The van der Waals surface area contributed by atoms with Crippen molar-refractivity contribution in [2.75, 3.05) is 31.1 Å². The van der Waals surface area contributed by atoms with Crippen molar-refractivity contribution in [1.29, 1.82) is 0 Å². The molecule has 1 aromatic heterocycles. The molecule has 2 N–H and O–H groups in total. The molecular weight excluding hydrogens is 557 g/mol. The van der Waals surface area contributed by atoms with Gasteiger partial charge in [-0.3, -0.25) is 5.10 Å². The van der Waals surface area contributed by atoms with Gasteiger partial charge in [0.25, 0.3) is 0 Å². The molecule has 1 fully saturated rings. The smallest absolute Gasteiger partial charge is 0.478 e. The van der Waals surface area contributed by atoms with Crippen LogP contribution >= 0.6 is 11.6 Å². The van der Waals surface area contributed by atoms with E-state index >= 15 is 0 Å². The summed E-state index contributed by atoms with van der Waals surface area (Å²) in [7, 11) is -5.39. The maximum Gasteiger partial charge on any atom is 0.511 e. The number of carboxylic acid groups (broad SMARTS) is 1. The second-order valence-electron chi connectivity index (χ2n) is 9.10. The average molecular weight is 579 g/mol. The number of alkyl halides is 3. The van der Waals surface area contributed by atoms with Crippen molar-refractivity contribution in [2.45, 2.75) is 11.4 Å². The summed E-state index contributed by atoms with van der Waals surface area (Å²) in [5, 5.41) is 17.9. The second kappa shape index (κ2) is 10.2. The molecule has 1 atom stereocenters. The van der Waals surface area contributed by atoms with Gasteiger partial charge in [-0.2, -0.15) is 22.6 Å². The van der Waals surface area contributed by atoms with E-state index in [0.717, 1.165) is 22.1 Å². The molecule has 0 radical (unpaired) electrons. The molecular formula is C26H22ClF3N4O4S. The van der Waals surface area contributed by atoms with Gasteiger partial charge >= 0.3 is 21.5 Å². The van der Waals surface area contributed by atoms with E-state index in [-0.39, 0.29) is 37.7 Å². The summed E-state index contributed by atoms with van der Waals surface area (Å²) >= 11 is 6.11. The standard InChI is InChI=1S/C26H22ClF3N4O4S/c27-20-8-5-17(6-9-20)23(16-1-3-18(4-2-16)25(35)36)19-7-10-22-21(15-19)24(32-31-22)33-11-13-34(14-12-33)39(37,38)26(28,29)30/h1-10,15,23H,11-14H2,(H,31,32)(H,35,36)/t23-/m0/s1. The minimum absolute atomic E-state index is 0.0384. The molecule has 204 valence electrons. The number of aromatic amines is 1. The van der Waals surface area contributed by atoms with Crippen LogP contribution in [0.2, 0.25) is 5.02 Å². The number of piperazine rings is 1. The number of benzene rings is 3. The van der Waals surface area contributed by atoms with Gasteiger partial charge in [-0.1, -0.05) is 41.9 Å². The lowest BCUT2D eigenvalue weighted by Crippen LogP contribution is -2.52. The number of nitrogens with one attached hydrogen (secondary N) is 1. The fourth-order valence-corrected chi connectivity index (χ4v) is 5.84. The zero-order chi connectivity index (χ0) is 27.9. The van der Waals surface area contributed by atoms with Crippen molar-refractivity contribution in [3.8, 4) is 0 Å². The number of sulfonamides is 1. The number of aromatic nitrogens is 2. The highest BCUT2D eigenvalue weighted by Gasteiger charge is 2.50. The van der Waals surface area contributed by atoms with Crippen LogP contribution in [0.4, 0.5) is 19.0 Å². The Morgan fingerprint density at radius 1 is 0.923 bits per heavy atom. The second-order valence-corrected chi connectivity index (χ2v) is 11.5. The number of carbonyl (C=O) groups is 1. The average Bonchev–Trinajstić information content (AvgIpc) is 3.33. The number of nitrogens with zero attached hydrogens (tertiary/aromatic N) is 3. The Morgan fingerprint density at radius 2 is 1.49 bits per heavy atom. The predicted octanol–water partition coefficient (Wildman–Crippen LogP) is 5.07. The van der Waals surface area contributed by atoms with E-state index in [9.17, 15) is 31.5 Å². The van der Waals surface area contributed by atoms with Crippen LogP contribution in [0.5, 0.6) is 0 Å². The molecule has 1 saturated heterocycles. The zero-order valence-corrected chi connectivity index (χ0v) is 21.8.